The van der Waals surface area contributed by atoms with Crippen LogP contribution < -0.4 is 10.6 Å². The molecule has 2 unspecified atom stereocenters. The topological polar surface area (TPSA) is 87.7 Å². The van der Waals surface area contributed by atoms with Crippen LogP contribution in [0.2, 0.25) is 0 Å². The highest BCUT2D eigenvalue weighted by Gasteiger charge is 2.34. The number of carbonyl (C=O) groups is 2. The number of amides is 2. The Morgan fingerprint density at radius 2 is 2.00 bits per heavy atom. The van der Waals surface area contributed by atoms with E-state index < -0.39 is 23.5 Å². The zero-order chi connectivity index (χ0) is 13.9. The lowest BCUT2D eigenvalue weighted by atomic mass is 9.87. The van der Waals surface area contributed by atoms with E-state index >= 15 is 0 Å². The van der Waals surface area contributed by atoms with Crippen molar-refractivity contribution in [1.29, 1.82) is 0 Å². The van der Waals surface area contributed by atoms with Crippen LogP contribution in [-0.4, -0.2) is 41.9 Å². The number of carbonyl (C=O) groups excluding carboxylic acids is 1. The molecule has 6 heteroatoms. The van der Waals surface area contributed by atoms with Gasteiger partial charge in [0.2, 0.25) is 0 Å². The Morgan fingerprint density at radius 1 is 1.39 bits per heavy atom. The van der Waals surface area contributed by atoms with Gasteiger partial charge in [0.05, 0.1) is 12.1 Å². The van der Waals surface area contributed by atoms with Crippen molar-refractivity contribution in [3.63, 3.8) is 0 Å². The van der Waals surface area contributed by atoms with Crippen LogP contribution in [0.15, 0.2) is 0 Å². The third-order valence-corrected chi connectivity index (χ3v) is 3.08. The van der Waals surface area contributed by atoms with E-state index in [-0.39, 0.29) is 12.1 Å². The number of ether oxygens (including phenoxy) is 1. The van der Waals surface area contributed by atoms with E-state index in [1.54, 1.807) is 20.8 Å². The number of urea groups is 1. The number of nitrogens with one attached hydrogen (secondary N) is 2. The molecule has 1 aliphatic rings. The zero-order valence-electron chi connectivity index (χ0n) is 11.3. The lowest BCUT2D eigenvalue weighted by molar-refractivity contribution is -0.141. The van der Waals surface area contributed by atoms with E-state index in [0.717, 1.165) is 6.42 Å². The second kappa shape index (κ2) is 5.56. The van der Waals surface area contributed by atoms with Crippen LogP contribution in [0, 0.1) is 5.41 Å². The lowest BCUT2D eigenvalue weighted by Crippen LogP contribution is -2.54. The molecule has 1 rings (SSSR count). The monoisotopic (exact) mass is 258 g/mol. The number of hydrogen-bond acceptors (Lipinski definition) is 3. The molecule has 0 aliphatic carbocycles. The molecule has 0 aromatic rings. The van der Waals surface area contributed by atoms with E-state index in [4.69, 9.17) is 9.84 Å². The molecule has 1 aliphatic heterocycles. The highest BCUT2D eigenvalue weighted by Crippen LogP contribution is 2.19. The molecule has 0 aromatic carbocycles. The minimum absolute atomic E-state index is 0.0336. The quantitative estimate of drug-likeness (QED) is 0.703. The Kier molecular flexibility index (Phi) is 4.56. The number of carboxylic acids is 1. The Morgan fingerprint density at radius 3 is 2.39 bits per heavy atom. The molecule has 3 atom stereocenters. The van der Waals surface area contributed by atoms with Crippen LogP contribution in [-0.2, 0) is 9.53 Å². The number of hydrogen-bond donors (Lipinski definition) is 3. The van der Waals surface area contributed by atoms with E-state index in [1.165, 1.54) is 0 Å². The van der Waals surface area contributed by atoms with Crippen molar-refractivity contribution in [1.82, 2.24) is 10.6 Å². The standard InChI is InChI=1S/C12H22N2O4/c1-7-8(5-6-18-7)13-11(17)14-9(10(15)16)12(2,3)4/h7-9H,5-6H2,1-4H3,(H,15,16)(H2,13,14,17)/t7?,8?,9-/m0/s1. The molecule has 0 radical (unpaired) electrons. The predicted octanol–water partition coefficient (Wildman–Crippen LogP) is 0.962. The molecule has 2 amide bonds. The first kappa shape index (κ1) is 14.8. The second-order valence-corrected chi connectivity index (χ2v) is 5.73. The van der Waals surface area contributed by atoms with Crippen molar-refractivity contribution in [3.05, 3.63) is 0 Å². The first-order valence-electron chi connectivity index (χ1n) is 6.13. The van der Waals surface area contributed by atoms with Gasteiger partial charge in [0.15, 0.2) is 0 Å². The average molecular weight is 258 g/mol. The summed E-state index contributed by atoms with van der Waals surface area (Å²) in [5.74, 6) is -1.03. The van der Waals surface area contributed by atoms with Crippen LogP contribution in [0.3, 0.4) is 0 Å². The maximum atomic E-state index is 11.8. The van der Waals surface area contributed by atoms with Gasteiger partial charge in [0.25, 0.3) is 0 Å². The fourth-order valence-corrected chi connectivity index (χ4v) is 1.91. The highest BCUT2D eigenvalue weighted by molar-refractivity contribution is 5.83. The van der Waals surface area contributed by atoms with Gasteiger partial charge >= 0.3 is 12.0 Å². The molecule has 1 saturated heterocycles. The summed E-state index contributed by atoms with van der Waals surface area (Å²) >= 11 is 0. The summed E-state index contributed by atoms with van der Waals surface area (Å²) < 4.78 is 5.33. The normalized spacial score (nSPS) is 25.6. The Hall–Kier alpha value is -1.30. The van der Waals surface area contributed by atoms with E-state index in [0.29, 0.717) is 6.61 Å². The van der Waals surface area contributed by atoms with Crippen LogP contribution >= 0.6 is 0 Å². The summed E-state index contributed by atoms with van der Waals surface area (Å²) in [6, 6.07) is -1.44. The first-order valence-corrected chi connectivity index (χ1v) is 6.13. The average Bonchev–Trinajstić information content (AvgIpc) is 2.59. The van der Waals surface area contributed by atoms with Gasteiger partial charge in [-0.3, -0.25) is 0 Å². The number of carboxylic acid groups (broad SMARTS) is 1. The van der Waals surface area contributed by atoms with Gasteiger partial charge in [0.1, 0.15) is 6.04 Å². The van der Waals surface area contributed by atoms with Crippen molar-refractivity contribution in [2.24, 2.45) is 5.41 Å². The lowest BCUT2D eigenvalue weighted by Gasteiger charge is -2.28. The fraction of sp³-hybridized carbons (Fsp3) is 0.833. The second-order valence-electron chi connectivity index (χ2n) is 5.73. The number of rotatable bonds is 3. The molecular weight excluding hydrogens is 236 g/mol. The molecule has 1 fully saturated rings. The minimum Gasteiger partial charge on any atom is -0.480 e. The van der Waals surface area contributed by atoms with Gasteiger partial charge < -0.3 is 20.5 Å². The molecule has 18 heavy (non-hydrogen) atoms. The summed E-state index contributed by atoms with van der Waals surface area (Å²) in [5, 5.41) is 14.3. The number of aliphatic carboxylic acids is 1. The molecule has 6 nitrogen and oxygen atoms in total. The van der Waals surface area contributed by atoms with Gasteiger partial charge in [-0.2, -0.15) is 0 Å². The van der Waals surface area contributed by atoms with Gasteiger partial charge in [-0.25, -0.2) is 9.59 Å². The molecule has 0 bridgehead atoms. The molecule has 104 valence electrons. The van der Waals surface area contributed by atoms with Gasteiger partial charge in [-0.15, -0.1) is 0 Å². The third kappa shape index (κ3) is 3.87. The molecule has 1 heterocycles. The van der Waals surface area contributed by atoms with Crippen molar-refractivity contribution >= 4 is 12.0 Å². The van der Waals surface area contributed by atoms with Gasteiger partial charge in [0, 0.05) is 6.61 Å². The van der Waals surface area contributed by atoms with Crippen LogP contribution in [0.5, 0.6) is 0 Å². The summed E-state index contributed by atoms with van der Waals surface area (Å²) in [6.45, 7) is 7.82. The highest BCUT2D eigenvalue weighted by atomic mass is 16.5. The van der Waals surface area contributed by atoms with Crippen molar-refractivity contribution in [3.8, 4) is 0 Å². The smallest absolute Gasteiger partial charge is 0.326 e. The Bertz CT molecular complexity index is 325. The predicted molar refractivity (Wildman–Crippen MR) is 66.4 cm³/mol. The summed E-state index contributed by atoms with van der Waals surface area (Å²) in [5.41, 5.74) is -0.541. The van der Waals surface area contributed by atoms with Crippen LogP contribution in [0.4, 0.5) is 4.79 Å². The van der Waals surface area contributed by atoms with E-state index in [1.807, 2.05) is 6.92 Å². The van der Waals surface area contributed by atoms with Gasteiger partial charge in [-0.1, -0.05) is 20.8 Å². The van der Waals surface area contributed by atoms with Crippen LogP contribution in [0.1, 0.15) is 34.1 Å². The Labute approximate surface area is 107 Å². The van der Waals surface area contributed by atoms with Gasteiger partial charge in [-0.05, 0) is 18.8 Å². The molecule has 0 aromatic heterocycles. The first-order chi connectivity index (χ1) is 8.21. The summed E-state index contributed by atoms with van der Waals surface area (Å²) in [6.07, 6.45) is 0.718. The maximum absolute atomic E-state index is 11.8. The largest absolute Gasteiger partial charge is 0.480 e. The maximum Gasteiger partial charge on any atom is 0.326 e. The minimum atomic E-state index is -1.03. The van der Waals surface area contributed by atoms with E-state index in [9.17, 15) is 9.59 Å². The zero-order valence-corrected chi connectivity index (χ0v) is 11.3. The van der Waals surface area contributed by atoms with Crippen molar-refractivity contribution in [2.45, 2.75) is 52.3 Å². The summed E-state index contributed by atoms with van der Waals surface area (Å²) in [4.78, 5) is 22.9. The summed E-state index contributed by atoms with van der Waals surface area (Å²) in [7, 11) is 0. The Balaban J connectivity index is 2.54. The fourth-order valence-electron chi connectivity index (χ4n) is 1.91. The molecule has 0 saturated carbocycles. The molecular formula is C12H22N2O4. The van der Waals surface area contributed by atoms with Crippen molar-refractivity contribution in [2.75, 3.05) is 6.61 Å². The SMILES string of the molecule is CC1OCCC1NC(=O)N[C@@H](C(=O)O)C(C)(C)C. The van der Waals surface area contributed by atoms with Crippen molar-refractivity contribution < 1.29 is 19.4 Å². The van der Waals surface area contributed by atoms with Crippen LogP contribution in [0.25, 0.3) is 0 Å². The third-order valence-electron chi connectivity index (χ3n) is 3.08. The van der Waals surface area contributed by atoms with E-state index in [2.05, 4.69) is 10.6 Å². The molecule has 0 spiro atoms. The molecule has 3 N–H and O–H groups in total.